The molecule has 3 aromatic rings. The van der Waals surface area contributed by atoms with Crippen molar-refractivity contribution in [2.75, 3.05) is 27.3 Å². The number of nitrogens with one attached hydrogen (secondary N) is 1. The fourth-order valence-corrected chi connectivity index (χ4v) is 3.83. The van der Waals surface area contributed by atoms with Crippen molar-refractivity contribution in [3.8, 4) is 11.1 Å². The van der Waals surface area contributed by atoms with Crippen LogP contribution < -0.4 is 5.32 Å². The summed E-state index contributed by atoms with van der Waals surface area (Å²) in [5, 5.41) is 3.30. The molecule has 4 rings (SSSR count). The molecule has 6 nitrogen and oxygen atoms in total. The van der Waals surface area contributed by atoms with Crippen LogP contribution in [0.1, 0.15) is 21.5 Å². The molecule has 0 saturated heterocycles. The number of hydrogen-bond acceptors (Lipinski definition) is 5. The molecule has 6 heteroatoms. The molecule has 3 aromatic carbocycles. The predicted octanol–water partition coefficient (Wildman–Crippen LogP) is 4.56. The normalized spacial score (nSPS) is 13.5. The summed E-state index contributed by atoms with van der Waals surface area (Å²) < 4.78 is 10.6. The highest BCUT2D eigenvalue weighted by molar-refractivity contribution is 6.05. The maximum atomic E-state index is 13.7. The van der Waals surface area contributed by atoms with E-state index in [4.69, 9.17) is 14.5 Å². The predicted molar refractivity (Wildman–Crippen MR) is 131 cm³/mol. The van der Waals surface area contributed by atoms with E-state index < -0.39 is 6.29 Å². The maximum absolute atomic E-state index is 13.7. The Morgan fingerprint density at radius 1 is 0.970 bits per heavy atom. The minimum absolute atomic E-state index is 0.0432. The molecule has 170 valence electrons. The van der Waals surface area contributed by atoms with Crippen molar-refractivity contribution in [2.45, 2.75) is 19.8 Å². The molecule has 1 aliphatic rings. The number of carbonyl (C=O) groups excluding carboxylic acids is 1. The molecule has 0 aromatic heterocycles. The van der Waals surface area contributed by atoms with E-state index in [0.717, 1.165) is 16.7 Å². The third kappa shape index (κ3) is 5.48. The van der Waals surface area contributed by atoms with Crippen LogP contribution in [0.25, 0.3) is 11.1 Å². The van der Waals surface area contributed by atoms with Crippen molar-refractivity contribution in [2.24, 2.45) is 4.99 Å². The first-order chi connectivity index (χ1) is 16.1. The number of hydrogen-bond donors (Lipinski definition) is 1. The van der Waals surface area contributed by atoms with Gasteiger partial charge in [0, 0.05) is 20.8 Å². The third-order valence-electron chi connectivity index (χ3n) is 5.71. The first-order valence-electron chi connectivity index (χ1n) is 11.0. The zero-order chi connectivity index (χ0) is 23.2. The van der Waals surface area contributed by atoms with Crippen LogP contribution in [0.15, 0.2) is 77.8 Å². The molecular weight excluding hydrogens is 414 g/mol. The van der Waals surface area contributed by atoms with E-state index in [1.54, 1.807) is 14.2 Å². The van der Waals surface area contributed by atoms with Gasteiger partial charge in [-0.2, -0.15) is 0 Å². The Morgan fingerprint density at radius 3 is 2.36 bits per heavy atom. The van der Waals surface area contributed by atoms with Gasteiger partial charge in [0.25, 0.3) is 5.91 Å². The van der Waals surface area contributed by atoms with Gasteiger partial charge in [-0.25, -0.2) is 4.99 Å². The Labute approximate surface area is 194 Å². The van der Waals surface area contributed by atoms with E-state index in [1.165, 1.54) is 5.56 Å². The van der Waals surface area contributed by atoms with Gasteiger partial charge >= 0.3 is 0 Å². The van der Waals surface area contributed by atoms with Crippen LogP contribution in [0.2, 0.25) is 0 Å². The lowest BCUT2D eigenvalue weighted by molar-refractivity contribution is -0.0966. The summed E-state index contributed by atoms with van der Waals surface area (Å²) >= 11 is 0. The third-order valence-corrected chi connectivity index (χ3v) is 5.71. The first-order valence-corrected chi connectivity index (χ1v) is 11.0. The van der Waals surface area contributed by atoms with E-state index in [1.807, 2.05) is 53.4 Å². The molecule has 0 bridgehead atoms. The molecule has 1 N–H and O–H groups in total. The quantitative estimate of drug-likeness (QED) is 0.544. The molecule has 1 aliphatic heterocycles. The molecule has 0 unspecified atom stereocenters. The summed E-state index contributed by atoms with van der Waals surface area (Å²) in [6.07, 6.45) is -0.405. The first kappa shape index (κ1) is 22.7. The number of ether oxygens (including phenoxy) is 2. The van der Waals surface area contributed by atoms with Crippen LogP contribution in [0.5, 0.6) is 0 Å². The van der Waals surface area contributed by atoms with E-state index in [-0.39, 0.29) is 5.91 Å². The minimum Gasteiger partial charge on any atom is -0.367 e. The lowest BCUT2D eigenvalue weighted by Gasteiger charge is -2.23. The molecule has 0 spiro atoms. The van der Waals surface area contributed by atoms with Gasteiger partial charge in [-0.3, -0.25) is 4.79 Å². The van der Waals surface area contributed by atoms with Gasteiger partial charge < -0.3 is 19.7 Å². The average Bonchev–Trinajstić information content (AvgIpc) is 2.97. The van der Waals surface area contributed by atoms with Crippen molar-refractivity contribution in [1.82, 2.24) is 10.2 Å². The topological polar surface area (TPSA) is 63.2 Å². The van der Waals surface area contributed by atoms with Gasteiger partial charge in [0.15, 0.2) is 6.29 Å². The Balaban J connectivity index is 1.69. The molecule has 33 heavy (non-hydrogen) atoms. The highest BCUT2D eigenvalue weighted by Crippen LogP contribution is 2.30. The van der Waals surface area contributed by atoms with Gasteiger partial charge in [-0.15, -0.1) is 0 Å². The molecule has 1 amide bonds. The van der Waals surface area contributed by atoms with Crippen LogP contribution in [-0.2, 0) is 16.0 Å². The Morgan fingerprint density at radius 2 is 1.67 bits per heavy atom. The number of aryl methyl sites for hydroxylation is 1. The number of methoxy groups -OCH3 is 2. The zero-order valence-corrected chi connectivity index (χ0v) is 19.2. The number of amides is 1. The van der Waals surface area contributed by atoms with Gasteiger partial charge in [0.1, 0.15) is 5.84 Å². The van der Waals surface area contributed by atoms with E-state index >= 15 is 0 Å². The number of rotatable bonds is 7. The number of aliphatic imine (C=N–C) groups is 1. The second-order valence-corrected chi connectivity index (χ2v) is 8.09. The smallest absolute Gasteiger partial charge is 0.256 e. The van der Waals surface area contributed by atoms with Crippen molar-refractivity contribution < 1.29 is 14.3 Å². The fraction of sp³-hybridized carbons (Fsp3) is 0.259. The standard InChI is InChI=1S/C27H29N3O3/c1-19-9-11-21(12-10-19)22-13-14-24-23(15-22)27(31)30(17-20-7-5-4-6-8-20)18-25(29-24)28-16-26(32-2)33-3/h4-15,26H,16-18H2,1-3H3,(H,28,29). The second-order valence-electron chi connectivity index (χ2n) is 8.09. The molecule has 0 atom stereocenters. The summed E-state index contributed by atoms with van der Waals surface area (Å²) in [6, 6.07) is 24.2. The number of nitrogens with zero attached hydrogens (tertiary/aromatic N) is 2. The van der Waals surface area contributed by atoms with Crippen LogP contribution in [0.4, 0.5) is 5.69 Å². The van der Waals surface area contributed by atoms with Crippen molar-refractivity contribution >= 4 is 17.4 Å². The van der Waals surface area contributed by atoms with Crippen LogP contribution in [0.3, 0.4) is 0 Å². The zero-order valence-electron chi connectivity index (χ0n) is 19.2. The SMILES string of the molecule is COC(CNC1=Nc2ccc(-c3ccc(C)cc3)cc2C(=O)N(Cc2ccccc2)C1)OC. The van der Waals surface area contributed by atoms with E-state index in [9.17, 15) is 4.79 Å². The highest BCUT2D eigenvalue weighted by Gasteiger charge is 2.25. The van der Waals surface area contributed by atoms with Crippen molar-refractivity contribution in [3.05, 3.63) is 89.5 Å². The summed E-state index contributed by atoms with van der Waals surface area (Å²) in [5.41, 5.74) is 5.57. The summed E-state index contributed by atoms with van der Waals surface area (Å²) in [7, 11) is 3.19. The number of benzene rings is 3. The number of carbonyl (C=O) groups is 1. The summed E-state index contributed by atoms with van der Waals surface area (Å²) in [4.78, 5) is 20.3. The van der Waals surface area contributed by atoms with E-state index in [2.05, 4.69) is 36.5 Å². The van der Waals surface area contributed by atoms with Crippen LogP contribution in [0, 0.1) is 6.92 Å². The Bertz CT molecular complexity index is 1120. The summed E-state index contributed by atoms with van der Waals surface area (Å²) in [5.74, 6) is 0.651. The monoisotopic (exact) mass is 443 g/mol. The molecule has 0 saturated carbocycles. The Hall–Kier alpha value is -3.48. The number of amidine groups is 1. The Kier molecular flexibility index (Phi) is 7.17. The molecule has 0 aliphatic carbocycles. The van der Waals surface area contributed by atoms with Crippen LogP contribution in [-0.4, -0.2) is 50.2 Å². The van der Waals surface area contributed by atoms with Gasteiger partial charge in [0.2, 0.25) is 0 Å². The molecule has 0 radical (unpaired) electrons. The van der Waals surface area contributed by atoms with Crippen molar-refractivity contribution in [1.29, 1.82) is 0 Å². The lowest BCUT2D eigenvalue weighted by Crippen LogP contribution is -2.42. The number of fused-ring (bicyclic) bond motifs is 1. The van der Waals surface area contributed by atoms with Crippen molar-refractivity contribution in [3.63, 3.8) is 0 Å². The molecule has 0 fully saturated rings. The van der Waals surface area contributed by atoms with Gasteiger partial charge in [-0.1, -0.05) is 66.2 Å². The maximum Gasteiger partial charge on any atom is 0.256 e. The lowest BCUT2D eigenvalue weighted by atomic mass is 10.0. The second kappa shape index (κ2) is 10.4. The minimum atomic E-state index is -0.405. The van der Waals surface area contributed by atoms with E-state index in [0.29, 0.717) is 36.7 Å². The summed E-state index contributed by atoms with van der Waals surface area (Å²) in [6.45, 7) is 3.34. The average molecular weight is 444 g/mol. The van der Waals surface area contributed by atoms with Gasteiger partial charge in [0.05, 0.1) is 24.3 Å². The van der Waals surface area contributed by atoms with Gasteiger partial charge in [-0.05, 0) is 35.7 Å². The molecule has 1 heterocycles. The molecular formula is C27H29N3O3. The fourth-order valence-electron chi connectivity index (χ4n) is 3.83. The van der Waals surface area contributed by atoms with Crippen LogP contribution >= 0.6 is 0 Å². The highest BCUT2D eigenvalue weighted by atomic mass is 16.7. The largest absolute Gasteiger partial charge is 0.367 e.